The number of hydrogen-bond donors (Lipinski definition) is 1. The second kappa shape index (κ2) is 4.78. The van der Waals surface area contributed by atoms with Crippen molar-refractivity contribution < 1.29 is 14.5 Å². The van der Waals surface area contributed by atoms with Crippen molar-refractivity contribution in [2.24, 2.45) is 0 Å². The Morgan fingerprint density at radius 1 is 1.56 bits per heavy atom. The highest BCUT2D eigenvalue weighted by atomic mass is 79.9. The van der Waals surface area contributed by atoms with E-state index in [0.717, 1.165) is 29.4 Å². The van der Waals surface area contributed by atoms with E-state index in [0.29, 0.717) is 0 Å². The van der Waals surface area contributed by atoms with Crippen molar-refractivity contribution in [3.8, 4) is 0 Å². The van der Waals surface area contributed by atoms with Crippen molar-refractivity contribution in [3.63, 3.8) is 0 Å². The molecule has 1 atom stereocenters. The molecule has 84 valence electrons. The molecule has 1 N–H and O–H groups in total. The molecule has 2 rings (SSSR count). The van der Waals surface area contributed by atoms with Crippen molar-refractivity contribution in [2.45, 2.75) is 18.9 Å². The molecule has 3 nitrogen and oxygen atoms in total. The maximum atomic E-state index is 11.0. The van der Waals surface area contributed by atoms with Gasteiger partial charge in [-0.15, -0.1) is 0 Å². The molecule has 1 fully saturated rings. The molecule has 0 saturated carbocycles. The van der Waals surface area contributed by atoms with Crippen LogP contribution in [0, 0.1) is 0 Å². The Bertz CT molecular complexity index is 442. The van der Waals surface area contributed by atoms with Crippen molar-refractivity contribution in [1.82, 2.24) is 0 Å². The van der Waals surface area contributed by atoms with Crippen molar-refractivity contribution in [2.75, 3.05) is 6.54 Å². The molecule has 0 unspecified atom stereocenters. The molecule has 1 aliphatic rings. The number of hydrogen-bond acceptors (Lipinski definition) is 1. The Morgan fingerprint density at radius 3 is 3.06 bits per heavy atom. The normalized spacial score (nSPS) is 22.6. The zero-order valence-corrected chi connectivity index (χ0v) is 10.4. The molecule has 0 amide bonds. The summed E-state index contributed by atoms with van der Waals surface area (Å²) in [6.45, 7) is 0.823. The smallest absolute Gasteiger partial charge is 0.372 e. The molecular formula is C12H13BrNO2+. The number of rotatable bonds is 2. The lowest BCUT2D eigenvalue weighted by Crippen LogP contribution is -2.29. The van der Waals surface area contributed by atoms with E-state index in [2.05, 4.69) is 15.9 Å². The van der Waals surface area contributed by atoms with Crippen LogP contribution in [0.1, 0.15) is 18.4 Å². The van der Waals surface area contributed by atoms with Gasteiger partial charge >= 0.3 is 5.97 Å². The van der Waals surface area contributed by atoms with Crippen LogP contribution in [-0.2, 0) is 4.79 Å². The first-order chi connectivity index (χ1) is 7.66. The van der Waals surface area contributed by atoms with Gasteiger partial charge in [0.15, 0.2) is 6.21 Å². The lowest BCUT2D eigenvalue weighted by molar-refractivity contribution is -0.527. The number of carboxylic acid groups (broad SMARTS) is 1. The summed E-state index contributed by atoms with van der Waals surface area (Å²) >= 11 is 3.40. The van der Waals surface area contributed by atoms with Crippen LogP contribution in [0.3, 0.4) is 0 Å². The Hall–Kier alpha value is -1.16. The molecule has 4 heteroatoms. The van der Waals surface area contributed by atoms with E-state index in [1.807, 2.05) is 35.1 Å². The summed E-state index contributed by atoms with van der Waals surface area (Å²) in [7, 11) is 0. The third-order valence-corrected chi connectivity index (χ3v) is 3.24. The van der Waals surface area contributed by atoms with Gasteiger partial charge in [-0.05, 0) is 18.2 Å². The van der Waals surface area contributed by atoms with Crippen LogP contribution in [0.25, 0.3) is 0 Å². The monoisotopic (exact) mass is 282 g/mol. The molecule has 0 aliphatic carbocycles. The van der Waals surface area contributed by atoms with E-state index < -0.39 is 5.97 Å². The summed E-state index contributed by atoms with van der Waals surface area (Å²) in [6, 6.07) is 7.50. The Kier molecular flexibility index (Phi) is 3.39. The van der Waals surface area contributed by atoms with E-state index in [1.165, 1.54) is 0 Å². The number of aliphatic carboxylic acids is 1. The van der Waals surface area contributed by atoms with Gasteiger partial charge in [0.2, 0.25) is 6.04 Å². The van der Waals surface area contributed by atoms with Crippen LogP contribution in [-0.4, -0.2) is 34.5 Å². The first-order valence-corrected chi connectivity index (χ1v) is 6.05. The maximum absolute atomic E-state index is 11.0. The maximum Gasteiger partial charge on any atom is 0.372 e. The van der Waals surface area contributed by atoms with Crippen molar-refractivity contribution >= 4 is 28.1 Å². The third-order valence-electron chi connectivity index (χ3n) is 2.74. The summed E-state index contributed by atoms with van der Waals surface area (Å²) < 4.78 is 2.91. The van der Waals surface area contributed by atoms with Gasteiger partial charge in [-0.2, -0.15) is 0 Å². The standard InChI is InChI=1S/C12H12BrNO2/c13-10-4-1-3-9(7-10)8-14-6-2-5-11(14)12(15)16/h1,3-4,7-8,11H,2,5-6H2/p+1/t11-/m1/s1. The highest BCUT2D eigenvalue weighted by molar-refractivity contribution is 9.10. The molecule has 1 aromatic carbocycles. The van der Waals surface area contributed by atoms with Crippen LogP contribution in [0.5, 0.6) is 0 Å². The Labute approximate surface area is 103 Å². The van der Waals surface area contributed by atoms with Crippen LogP contribution < -0.4 is 0 Å². The summed E-state index contributed by atoms with van der Waals surface area (Å²) in [5.41, 5.74) is 1.03. The van der Waals surface area contributed by atoms with Gasteiger partial charge in [0.1, 0.15) is 6.54 Å². The number of halogens is 1. The SMILES string of the molecule is O=C(O)[C@H]1CCC[N+]1=Cc1cccc(Br)c1. The Balaban J connectivity index is 2.26. The van der Waals surface area contributed by atoms with Crippen LogP contribution in [0.2, 0.25) is 0 Å². The highest BCUT2D eigenvalue weighted by Crippen LogP contribution is 2.14. The fraction of sp³-hybridized carbons (Fsp3) is 0.333. The van der Waals surface area contributed by atoms with E-state index in [4.69, 9.17) is 5.11 Å². The van der Waals surface area contributed by atoms with Gasteiger partial charge in [0, 0.05) is 22.9 Å². The largest absolute Gasteiger partial charge is 0.476 e. The summed E-state index contributed by atoms with van der Waals surface area (Å²) in [5.74, 6) is -0.733. The molecule has 0 radical (unpaired) electrons. The van der Waals surface area contributed by atoms with Crippen LogP contribution in [0.4, 0.5) is 0 Å². The molecule has 1 aliphatic heterocycles. The zero-order chi connectivity index (χ0) is 11.5. The Morgan fingerprint density at radius 2 is 2.38 bits per heavy atom. The molecule has 0 spiro atoms. The van der Waals surface area contributed by atoms with E-state index in [1.54, 1.807) is 0 Å². The van der Waals surface area contributed by atoms with Crippen LogP contribution >= 0.6 is 15.9 Å². The number of carboxylic acids is 1. The van der Waals surface area contributed by atoms with Gasteiger partial charge in [0.05, 0.1) is 0 Å². The van der Waals surface area contributed by atoms with Gasteiger partial charge < -0.3 is 5.11 Å². The first kappa shape index (κ1) is 11.3. The lowest BCUT2D eigenvalue weighted by Gasteiger charge is -2.01. The minimum absolute atomic E-state index is 0.362. The highest BCUT2D eigenvalue weighted by Gasteiger charge is 2.33. The van der Waals surface area contributed by atoms with Gasteiger partial charge in [-0.1, -0.05) is 22.0 Å². The molecular weight excluding hydrogens is 270 g/mol. The minimum atomic E-state index is -0.733. The number of carbonyl (C=O) groups is 1. The minimum Gasteiger partial charge on any atom is -0.476 e. The molecule has 16 heavy (non-hydrogen) atoms. The molecule has 0 bridgehead atoms. The third kappa shape index (κ3) is 2.50. The van der Waals surface area contributed by atoms with E-state index in [9.17, 15) is 4.79 Å². The fourth-order valence-corrected chi connectivity index (χ4v) is 2.40. The van der Waals surface area contributed by atoms with E-state index >= 15 is 0 Å². The lowest BCUT2D eigenvalue weighted by atomic mass is 10.2. The molecule has 0 aromatic heterocycles. The second-order valence-corrected chi connectivity index (χ2v) is 4.83. The summed E-state index contributed by atoms with van der Waals surface area (Å²) in [5, 5.41) is 9.05. The quantitative estimate of drug-likeness (QED) is 0.845. The predicted octanol–water partition coefficient (Wildman–Crippen LogP) is 2.13. The second-order valence-electron chi connectivity index (χ2n) is 3.92. The number of benzene rings is 1. The van der Waals surface area contributed by atoms with Gasteiger partial charge in [-0.3, -0.25) is 0 Å². The van der Waals surface area contributed by atoms with Crippen LogP contribution in [0.15, 0.2) is 28.7 Å². The van der Waals surface area contributed by atoms with Crippen molar-refractivity contribution in [3.05, 3.63) is 34.3 Å². The fourth-order valence-electron chi connectivity index (χ4n) is 1.99. The van der Waals surface area contributed by atoms with E-state index in [-0.39, 0.29) is 6.04 Å². The average Bonchev–Trinajstić information content (AvgIpc) is 2.66. The zero-order valence-electron chi connectivity index (χ0n) is 8.77. The topological polar surface area (TPSA) is 40.3 Å². The molecule has 1 aromatic rings. The predicted molar refractivity (Wildman–Crippen MR) is 65.1 cm³/mol. The summed E-state index contributed by atoms with van der Waals surface area (Å²) in [4.78, 5) is 11.0. The average molecular weight is 283 g/mol. The van der Waals surface area contributed by atoms with Gasteiger partial charge in [0.25, 0.3) is 0 Å². The number of nitrogens with zero attached hydrogens (tertiary/aromatic N) is 1. The molecule has 1 saturated heterocycles. The van der Waals surface area contributed by atoms with Gasteiger partial charge in [-0.25, -0.2) is 9.37 Å². The molecule has 1 heterocycles. The first-order valence-electron chi connectivity index (χ1n) is 5.26. The summed E-state index contributed by atoms with van der Waals surface area (Å²) in [6.07, 6.45) is 3.61. The van der Waals surface area contributed by atoms with Crippen molar-refractivity contribution in [1.29, 1.82) is 0 Å².